The van der Waals surface area contributed by atoms with Gasteiger partial charge >= 0.3 is 0 Å². The molecule has 18 rings (SSSR count). The van der Waals surface area contributed by atoms with Gasteiger partial charge in [0.2, 0.25) is 41.4 Å². The van der Waals surface area contributed by atoms with Gasteiger partial charge in [0, 0.05) is 150 Å². The normalized spacial score (nSPS) is 19.9. The van der Waals surface area contributed by atoms with Crippen molar-refractivity contribution in [3.8, 4) is 44.5 Å². The maximum absolute atomic E-state index is 15.0. The summed E-state index contributed by atoms with van der Waals surface area (Å²) in [6, 6.07) is 21.5. The maximum atomic E-state index is 15.0. The van der Waals surface area contributed by atoms with Crippen molar-refractivity contribution in [1.29, 1.82) is 0 Å². The number of piperidine rings is 1. The molecule has 766 valence electrons. The van der Waals surface area contributed by atoms with Crippen molar-refractivity contribution >= 4 is 124 Å². The number of imidazole rings is 4. The minimum absolute atomic E-state index is 0.0127. The zero-order valence-electron chi connectivity index (χ0n) is 85.9. The zero-order chi connectivity index (χ0) is 103. The molecular formula is C111H140F4N20O8S. The predicted octanol–water partition coefficient (Wildman–Crippen LogP) is 21.1. The molecular weight excluding hydrogens is 1850 g/mol. The minimum Gasteiger partial charge on any atom is -0.359 e. The van der Waals surface area contributed by atoms with E-state index < -0.39 is 9.52 Å². The first kappa shape index (κ1) is 106. The smallest absolute Gasteiger partial charge is 0.228 e. The number of aryl methyl sites for hydroxylation is 4. The highest BCUT2D eigenvalue weighted by atomic mass is 32.2. The van der Waals surface area contributed by atoms with Crippen LogP contribution in [0, 0.1) is 98.3 Å². The highest BCUT2D eigenvalue weighted by molar-refractivity contribution is 7.99. The largest absolute Gasteiger partial charge is 0.359 e. The van der Waals surface area contributed by atoms with E-state index in [9.17, 15) is 55.3 Å². The van der Waals surface area contributed by atoms with E-state index in [4.69, 9.17) is 0 Å². The van der Waals surface area contributed by atoms with Crippen LogP contribution in [-0.2, 0) is 43.1 Å². The number of fused-ring (bicyclic) bond motifs is 4. The standard InChI is InChI=1S/C30H39FN6O2.C30H38FN5O2.C26H33FN4O2S.C25H30FN5O2/c1-19(2)37-18-33-29-25(31)14-23(15-26(29)37)24-16-27(32-17-20(24)3)34-30(39)22-7-5-6-21(12-22)13-28(38)36-10-8-35(4)9-11-36;1-19(2)36-18-33-29-25(31)14-23(15-26(29)36)24-16-27(32-17-20(24)3)34-30(38)22-9-7-8-21(12-22)13-28(37)35-10-5-4-6-11-35;1-16(2)31-15-29-25-22(27)10-20(11-23(25)31)21-12-24(28-13-17(21)3)30-26(32)19-8-6-7-18(9-19)14-34(4,5)33;1-14(2)31-13-29-23-20(26)9-18(10-21(23)31)19-11-22(28-12-15(19)3)30-25(33)17-7-5-6-16(8-17)24(32)27-4/h14-19,21-22H,5-13H2,1-4H3,(H,32,34,39);14-19,21-22H,4-13H2,1-3H3,(H,32,34,38);10-13,15-16,18-19H,4,6-9,14H2,1-3,5H3,(H,28,30,32);9-14,16-17H,5-8H2,1-4H3,(H,27,32)(H,28,30,33)/t2*21-,22+;18-,19+,34?;16-,17+/m1111/s1. The van der Waals surface area contributed by atoms with Crippen molar-refractivity contribution in [2.45, 2.75) is 242 Å². The number of nitrogens with zero attached hydrogens (tertiary/aromatic N) is 15. The molecule has 28 nitrogen and oxygen atoms in total. The number of benzene rings is 4. The van der Waals surface area contributed by atoms with Gasteiger partial charge in [-0.05, 0) is 359 Å². The topological polar surface area (TPSA) is 329 Å². The monoisotopic (exact) mass is 1990 g/mol. The van der Waals surface area contributed by atoms with Crippen LogP contribution in [0.4, 0.5) is 40.8 Å². The molecule has 4 aliphatic carbocycles. The van der Waals surface area contributed by atoms with Crippen LogP contribution < -0.4 is 26.6 Å². The van der Waals surface area contributed by atoms with Gasteiger partial charge in [0.25, 0.3) is 0 Å². The maximum Gasteiger partial charge on any atom is 0.228 e. The average molecular weight is 1990 g/mol. The Labute approximate surface area is 841 Å². The summed E-state index contributed by atoms with van der Waals surface area (Å²) < 4.78 is 79.5. The fraction of sp³-hybridized carbons (Fsp3) is 0.495. The van der Waals surface area contributed by atoms with E-state index in [2.05, 4.69) is 84.3 Å². The third-order valence-electron chi connectivity index (χ3n) is 29.6. The molecule has 6 aliphatic rings. The van der Waals surface area contributed by atoms with Crippen LogP contribution in [0.5, 0.6) is 0 Å². The Hall–Kier alpha value is -12.7. The van der Waals surface area contributed by atoms with Crippen molar-refractivity contribution in [3.05, 3.63) is 168 Å². The molecule has 1 unspecified atom stereocenters. The number of likely N-dealkylation sites (N-methyl/N-ethyl adjacent to an activating group) is 1. The summed E-state index contributed by atoms with van der Waals surface area (Å²) in [5.41, 5.74) is 14.0. The van der Waals surface area contributed by atoms with Crippen molar-refractivity contribution in [3.63, 3.8) is 0 Å². The van der Waals surface area contributed by atoms with Crippen LogP contribution in [0.25, 0.3) is 88.6 Å². The van der Waals surface area contributed by atoms with Gasteiger partial charge in [-0.3, -0.25) is 37.8 Å². The number of anilines is 4. The molecule has 0 bridgehead atoms. The fourth-order valence-electron chi connectivity index (χ4n) is 21.6. The minimum atomic E-state index is -2.08. The van der Waals surface area contributed by atoms with Gasteiger partial charge < -0.3 is 59.6 Å². The van der Waals surface area contributed by atoms with Crippen LogP contribution in [0.1, 0.15) is 237 Å². The number of piperazine rings is 1. The lowest BCUT2D eigenvalue weighted by atomic mass is 9.79. The van der Waals surface area contributed by atoms with Gasteiger partial charge in [-0.2, -0.15) is 0 Å². The number of aromatic nitrogens is 12. The van der Waals surface area contributed by atoms with E-state index in [1.54, 1.807) is 75.5 Å². The highest BCUT2D eigenvalue weighted by Crippen LogP contribution is 2.42. The van der Waals surface area contributed by atoms with Crippen molar-refractivity contribution in [1.82, 2.24) is 78.2 Å². The van der Waals surface area contributed by atoms with Gasteiger partial charge in [-0.1, -0.05) is 25.7 Å². The molecule has 8 aromatic heterocycles. The average Bonchev–Trinajstić information content (AvgIpc) is 1.64. The molecule has 5 N–H and O–H groups in total. The van der Waals surface area contributed by atoms with Gasteiger partial charge in [0.15, 0.2) is 23.3 Å². The van der Waals surface area contributed by atoms with Crippen LogP contribution in [-0.4, -0.2) is 190 Å². The van der Waals surface area contributed by atoms with Crippen molar-refractivity contribution in [2.24, 2.45) is 47.3 Å². The first-order valence-electron chi connectivity index (χ1n) is 51.3. The number of rotatable bonds is 23. The molecule has 9 atom stereocenters. The number of likely N-dealkylation sites (tertiary alicyclic amines) is 1. The Morgan fingerprint density at radius 2 is 0.632 bits per heavy atom. The van der Waals surface area contributed by atoms with Crippen LogP contribution in [0.3, 0.4) is 0 Å². The second-order valence-electron chi connectivity index (χ2n) is 42.0. The molecule has 7 amide bonds. The van der Waals surface area contributed by atoms with Gasteiger partial charge in [-0.25, -0.2) is 57.4 Å². The molecule has 4 saturated carbocycles. The first-order valence-corrected chi connectivity index (χ1v) is 53.6. The molecule has 10 heterocycles. The van der Waals surface area contributed by atoms with Gasteiger partial charge in [0.05, 0.1) is 47.4 Å². The number of amides is 7. The summed E-state index contributed by atoms with van der Waals surface area (Å²) in [6.45, 7) is 29.1. The SMILES string of the molecule is C=S(C)(=O)C[C@@H]1CCC[C@H](C(=O)Nc2cc(-c3cc(F)c4ncn(C(C)C)c4c3)c(C)cn2)C1.CNC(=O)[C@@H]1CCC[C@H](C(=O)Nc2cc(-c3cc(F)c4ncn(C(C)C)c4c3)c(C)cn2)C1.Cc1cnc(NC(=O)[C@H]2CCC[C@@H](CC(=O)N3CCCCC3)C2)cc1-c1cc(F)c2ncn(C(C)C)c2c1.Cc1cnc(NC(=O)[C@H]2CCC[C@@H](CC(=O)N3CCN(C)CC3)C2)cc1-c1cc(F)c2ncn(C(C)C)c2c1. The van der Waals surface area contributed by atoms with Crippen LogP contribution in [0.15, 0.2) is 123 Å². The van der Waals surface area contributed by atoms with E-state index in [-0.39, 0.29) is 136 Å². The van der Waals surface area contributed by atoms with E-state index in [0.29, 0.717) is 94.3 Å². The van der Waals surface area contributed by atoms with Crippen LogP contribution >= 0.6 is 0 Å². The molecule has 0 spiro atoms. The molecule has 0 radical (unpaired) electrons. The fourth-order valence-corrected chi connectivity index (χ4v) is 22.9. The lowest BCUT2D eigenvalue weighted by Gasteiger charge is -2.34. The molecule has 144 heavy (non-hydrogen) atoms. The number of hydrogen-bond acceptors (Lipinski definition) is 17. The van der Waals surface area contributed by atoms with E-state index >= 15 is 0 Å². The molecule has 2 saturated heterocycles. The van der Waals surface area contributed by atoms with E-state index in [1.165, 1.54) is 30.7 Å². The molecule has 33 heteroatoms. The molecule has 6 fully saturated rings. The van der Waals surface area contributed by atoms with Gasteiger partial charge in [0.1, 0.15) is 45.3 Å². The summed E-state index contributed by atoms with van der Waals surface area (Å²) in [5.74, 6) is 4.65. The predicted molar refractivity (Wildman–Crippen MR) is 562 cm³/mol. The Kier molecular flexibility index (Phi) is 34.2. The van der Waals surface area contributed by atoms with Crippen molar-refractivity contribution in [2.75, 3.05) is 86.6 Å². The third-order valence-corrected chi connectivity index (χ3v) is 30.8. The Bertz CT molecular complexity index is 6830. The molecule has 2 aliphatic heterocycles. The first-order chi connectivity index (χ1) is 68.8. The van der Waals surface area contributed by atoms with Gasteiger partial charge in [-0.15, -0.1) is 0 Å². The number of halogens is 4. The Morgan fingerprint density at radius 1 is 0.361 bits per heavy atom. The number of pyridine rings is 4. The molecule has 4 aromatic carbocycles. The summed E-state index contributed by atoms with van der Waals surface area (Å²) in [6.07, 6.45) is 32.9. The molecule has 12 aromatic rings. The number of carbonyl (C=O) groups excluding carboxylic acids is 7. The number of carbonyl (C=O) groups is 7. The number of nitrogens with one attached hydrogen (secondary N) is 5. The second-order valence-corrected chi connectivity index (χ2v) is 44.7. The summed E-state index contributed by atoms with van der Waals surface area (Å²) in [4.78, 5) is 131. The van der Waals surface area contributed by atoms with E-state index in [0.717, 1.165) is 213 Å². The van der Waals surface area contributed by atoms with Crippen molar-refractivity contribution < 1.29 is 55.3 Å². The quantitative estimate of drug-likeness (QED) is 0.0293. The third kappa shape index (κ3) is 25.6. The summed E-state index contributed by atoms with van der Waals surface area (Å²) in [5, 5.41) is 14.6. The number of hydrogen-bond donors (Lipinski definition) is 5. The highest BCUT2D eigenvalue weighted by Gasteiger charge is 2.37. The Balaban J connectivity index is 0.000000145. The Morgan fingerprint density at radius 3 is 0.924 bits per heavy atom. The lowest BCUT2D eigenvalue weighted by Crippen LogP contribution is -2.47. The van der Waals surface area contributed by atoms with E-state index in [1.807, 2.05) is 148 Å². The zero-order valence-corrected chi connectivity index (χ0v) is 86.7. The lowest BCUT2D eigenvalue weighted by molar-refractivity contribution is -0.135. The summed E-state index contributed by atoms with van der Waals surface area (Å²) >= 11 is 0. The summed E-state index contributed by atoms with van der Waals surface area (Å²) in [7, 11) is 1.63. The van der Waals surface area contributed by atoms with Crippen LogP contribution in [0.2, 0.25) is 0 Å². The second kappa shape index (κ2) is 46.6.